The molecule has 1 nitrogen and oxygen atoms in total. The highest BCUT2D eigenvalue weighted by Gasteiger charge is 2.80. The van der Waals surface area contributed by atoms with Gasteiger partial charge in [0.25, 0.3) is 0 Å². The third-order valence-corrected chi connectivity index (χ3v) is 6.67. The van der Waals surface area contributed by atoms with E-state index in [1.807, 2.05) is 0 Å². The van der Waals surface area contributed by atoms with Crippen LogP contribution in [0.2, 0.25) is 0 Å². The van der Waals surface area contributed by atoms with Crippen molar-refractivity contribution in [1.82, 2.24) is 0 Å². The smallest absolute Gasteiger partial charge is 0.131 e. The molecule has 2 bridgehead atoms. The summed E-state index contributed by atoms with van der Waals surface area (Å²) in [4.78, 5) is 0. The normalized spacial score (nSPS) is 37.5. The van der Waals surface area contributed by atoms with Crippen LogP contribution in [0.25, 0.3) is 0 Å². The van der Waals surface area contributed by atoms with Gasteiger partial charge in [-0.05, 0) is 62.5 Å². The second-order valence-electron chi connectivity index (χ2n) is 7.85. The average Bonchev–Trinajstić information content (AvgIpc) is 3.32. The van der Waals surface area contributed by atoms with E-state index in [0.717, 1.165) is 0 Å². The van der Waals surface area contributed by atoms with Crippen LogP contribution in [0.15, 0.2) is 48.5 Å². The lowest BCUT2D eigenvalue weighted by molar-refractivity contribution is 0.112. The van der Waals surface area contributed by atoms with Crippen LogP contribution in [0.1, 0.15) is 47.9 Å². The van der Waals surface area contributed by atoms with E-state index in [4.69, 9.17) is 4.74 Å². The monoisotopic (exact) mass is 304 g/mol. The van der Waals surface area contributed by atoms with Crippen molar-refractivity contribution in [3.05, 3.63) is 70.8 Å². The minimum absolute atomic E-state index is 0.0584. The predicted molar refractivity (Wildman–Crippen MR) is 92.2 cm³/mol. The van der Waals surface area contributed by atoms with E-state index in [9.17, 15) is 0 Å². The number of hydrogen-bond acceptors (Lipinski definition) is 1. The third-order valence-electron chi connectivity index (χ3n) is 6.67. The van der Waals surface area contributed by atoms with Gasteiger partial charge in [0, 0.05) is 0 Å². The quantitative estimate of drug-likeness (QED) is 0.691. The first-order valence-electron chi connectivity index (χ1n) is 9.01. The topological polar surface area (TPSA) is 12.5 Å². The van der Waals surface area contributed by atoms with Crippen molar-refractivity contribution < 1.29 is 4.74 Å². The number of epoxide rings is 1. The molecule has 0 spiro atoms. The first-order chi connectivity index (χ1) is 11.2. The Morgan fingerprint density at radius 2 is 1.00 bits per heavy atom. The van der Waals surface area contributed by atoms with Crippen LogP contribution in [0.4, 0.5) is 0 Å². The van der Waals surface area contributed by atoms with Crippen molar-refractivity contribution in [2.45, 2.75) is 50.7 Å². The summed E-state index contributed by atoms with van der Waals surface area (Å²) in [6.45, 7) is 4.32. The zero-order chi connectivity index (χ0) is 15.7. The zero-order valence-corrected chi connectivity index (χ0v) is 14.0. The molecule has 1 aliphatic heterocycles. The Balaban J connectivity index is 1.68. The fourth-order valence-corrected chi connectivity index (χ4v) is 5.53. The standard InChI is InChI=1S/C22H24O/c1-15-3-7-17(8-4-15)21-19-11-13-20(14-12-19)22(21,23-21)18-9-5-16(2)6-10-18/h3-10,19-20H,11-14H2,1-2H3. The molecule has 3 aliphatic carbocycles. The van der Waals surface area contributed by atoms with Crippen LogP contribution in [0.3, 0.4) is 0 Å². The number of aryl methyl sites for hydroxylation is 2. The Morgan fingerprint density at radius 1 is 0.652 bits per heavy atom. The van der Waals surface area contributed by atoms with Crippen molar-refractivity contribution in [3.63, 3.8) is 0 Å². The lowest BCUT2D eigenvalue weighted by Crippen LogP contribution is -2.44. The first kappa shape index (κ1) is 13.8. The summed E-state index contributed by atoms with van der Waals surface area (Å²) in [5.74, 6) is 1.35. The number of benzene rings is 2. The molecule has 0 amide bonds. The third kappa shape index (κ3) is 1.61. The van der Waals surface area contributed by atoms with Crippen LogP contribution in [0.5, 0.6) is 0 Å². The van der Waals surface area contributed by atoms with Gasteiger partial charge in [0.2, 0.25) is 0 Å². The highest BCUT2D eigenvalue weighted by Crippen LogP contribution is 2.77. The van der Waals surface area contributed by atoms with Gasteiger partial charge in [-0.15, -0.1) is 0 Å². The molecular weight excluding hydrogens is 280 g/mol. The summed E-state index contributed by atoms with van der Waals surface area (Å²) in [7, 11) is 0. The van der Waals surface area contributed by atoms with Gasteiger partial charge >= 0.3 is 0 Å². The van der Waals surface area contributed by atoms with Crippen molar-refractivity contribution in [3.8, 4) is 0 Å². The Kier molecular flexibility index (Phi) is 2.69. The lowest BCUT2D eigenvalue weighted by atomic mass is 9.55. The van der Waals surface area contributed by atoms with E-state index in [2.05, 4.69) is 62.4 Å². The highest BCUT2D eigenvalue weighted by molar-refractivity contribution is 5.46. The van der Waals surface area contributed by atoms with Gasteiger partial charge in [-0.2, -0.15) is 0 Å². The molecule has 1 saturated heterocycles. The van der Waals surface area contributed by atoms with Gasteiger partial charge in [-0.3, -0.25) is 0 Å². The molecule has 2 aromatic rings. The molecule has 2 unspecified atom stereocenters. The maximum atomic E-state index is 6.79. The molecule has 3 saturated carbocycles. The number of hydrogen-bond donors (Lipinski definition) is 0. The van der Waals surface area contributed by atoms with Crippen LogP contribution >= 0.6 is 0 Å². The Hall–Kier alpha value is -1.60. The molecule has 6 rings (SSSR count). The molecule has 2 aromatic carbocycles. The van der Waals surface area contributed by atoms with Crippen LogP contribution in [-0.2, 0) is 15.9 Å². The van der Waals surface area contributed by atoms with Gasteiger partial charge in [0.05, 0.1) is 0 Å². The summed E-state index contributed by atoms with van der Waals surface area (Å²) >= 11 is 0. The van der Waals surface area contributed by atoms with E-state index >= 15 is 0 Å². The molecule has 1 heteroatoms. The van der Waals surface area contributed by atoms with E-state index in [0.29, 0.717) is 11.8 Å². The van der Waals surface area contributed by atoms with Gasteiger partial charge in [-0.1, -0.05) is 59.7 Å². The number of ether oxygens (including phenoxy) is 1. The molecule has 0 radical (unpaired) electrons. The van der Waals surface area contributed by atoms with Crippen molar-refractivity contribution >= 4 is 0 Å². The van der Waals surface area contributed by atoms with E-state index in [1.54, 1.807) is 0 Å². The van der Waals surface area contributed by atoms with E-state index < -0.39 is 0 Å². The molecular formula is C22H24O. The Morgan fingerprint density at radius 3 is 1.35 bits per heavy atom. The van der Waals surface area contributed by atoms with E-state index in [-0.39, 0.29) is 11.2 Å². The van der Waals surface area contributed by atoms with Crippen LogP contribution in [0, 0.1) is 25.7 Å². The summed E-state index contributed by atoms with van der Waals surface area (Å²) in [5.41, 5.74) is 5.34. The minimum Gasteiger partial charge on any atom is -0.352 e. The van der Waals surface area contributed by atoms with Crippen molar-refractivity contribution in [2.24, 2.45) is 11.8 Å². The Bertz CT molecular complexity index is 671. The summed E-state index contributed by atoms with van der Waals surface area (Å²) < 4.78 is 6.79. The van der Waals surface area contributed by atoms with Crippen molar-refractivity contribution in [2.75, 3.05) is 0 Å². The molecule has 0 N–H and O–H groups in total. The molecule has 2 atom stereocenters. The maximum Gasteiger partial charge on any atom is 0.131 e. The molecule has 4 fully saturated rings. The summed E-state index contributed by atoms with van der Waals surface area (Å²) in [6, 6.07) is 18.2. The lowest BCUT2D eigenvalue weighted by Gasteiger charge is -2.44. The van der Waals surface area contributed by atoms with Gasteiger partial charge in [-0.25, -0.2) is 0 Å². The van der Waals surface area contributed by atoms with Gasteiger partial charge in [0.15, 0.2) is 0 Å². The molecule has 1 heterocycles. The zero-order valence-electron chi connectivity index (χ0n) is 14.0. The highest BCUT2D eigenvalue weighted by atomic mass is 16.6. The fourth-order valence-electron chi connectivity index (χ4n) is 5.53. The molecule has 4 aliphatic rings. The second kappa shape index (κ2) is 4.48. The van der Waals surface area contributed by atoms with E-state index in [1.165, 1.54) is 47.9 Å². The first-order valence-corrected chi connectivity index (χ1v) is 9.01. The maximum absolute atomic E-state index is 6.79. The Labute approximate surface area is 138 Å². The summed E-state index contributed by atoms with van der Waals surface area (Å²) in [5, 5.41) is 0. The predicted octanol–water partition coefficient (Wildman–Crippen LogP) is 5.24. The molecule has 118 valence electrons. The summed E-state index contributed by atoms with van der Waals surface area (Å²) in [6.07, 6.45) is 5.30. The van der Waals surface area contributed by atoms with Crippen molar-refractivity contribution in [1.29, 1.82) is 0 Å². The second-order valence-corrected chi connectivity index (χ2v) is 7.85. The van der Waals surface area contributed by atoms with Gasteiger partial charge in [0.1, 0.15) is 11.2 Å². The van der Waals surface area contributed by atoms with Crippen LogP contribution < -0.4 is 0 Å². The SMILES string of the molecule is Cc1ccc(C23OC2(c2ccc(C)cc2)C2CCC3CC2)cc1. The average molecular weight is 304 g/mol. The minimum atomic E-state index is -0.0584. The largest absolute Gasteiger partial charge is 0.352 e. The molecule has 23 heavy (non-hydrogen) atoms. The van der Waals surface area contributed by atoms with Gasteiger partial charge < -0.3 is 4.74 Å². The molecule has 0 aromatic heterocycles. The number of rotatable bonds is 2. The van der Waals surface area contributed by atoms with Crippen LogP contribution in [-0.4, -0.2) is 0 Å². The number of fused-ring (bicyclic) bond motifs is 2. The fraction of sp³-hybridized carbons (Fsp3) is 0.455.